The van der Waals surface area contributed by atoms with E-state index in [4.69, 9.17) is 0 Å². The largest absolute Gasteiger partial charge is 0.335 e. The lowest BCUT2D eigenvalue weighted by Gasteiger charge is -2.34. The van der Waals surface area contributed by atoms with Gasteiger partial charge in [0.05, 0.1) is 17.4 Å². The van der Waals surface area contributed by atoms with Crippen LogP contribution in [0.25, 0.3) is 0 Å². The number of nitrogens with zero attached hydrogens (tertiary/aromatic N) is 2. The standard InChI is InChI=1S/C19H17BrF2N2O2/c20-16-9-13(4-5-17(16)22)10-18(25)24-7-6-23(19(26)12-24)11-14-2-1-3-15(21)8-14/h1-5,8-9H,6-7,10-12H2. The van der Waals surface area contributed by atoms with E-state index in [0.29, 0.717) is 35.2 Å². The summed E-state index contributed by atoms with van der Waals surface area (Å²) in [7, 11) is 0. The molecule has 0 radical (unpaired) electrons. The van der Waals surface area contributed by atoms with Gasteiger partial charge in [-0.25, -0.2) is 8.78 Å². The molecule has 1 heterocycles. The third kappa shape index (κ3) is 4.46. The van der Waals surface area contributed by atoms with Crippen LogP contribution in [0.5, 0.6) is 0 Å². The van der Waals surface area contributed by atoms with Gasteiger partial charge in [-0.2, -0.15) is 0 Å². The van der Waals surface area contributed by atoms with Crippen molar-refractivity contribution in [1.82, 2.24) is 9.80 Å². The van der Waals surface area contributed by atoms with Gasteiger partial charge in [0, 0.05) is 19.6 Å². The molecule has 0 aromatic heterocycles. The maximum Gasteiger partial charge on any atom is 0.242 e. The van der Waals surface area contributed by atoms with Crippen molar-refractivity contribution in [1.29, 1.82) is 0 Å². The van der Waals surface area contributed by atoms with Crippen LogP contribution in [0.4, 0.5) is 8.78 Å². The van der Waals surface area contributed by atoms with Gasteiger partial charge in [0.2, 0.25) is 11.8 Å². The summed E-state index contributed by atoms with van der Waals surface area (Å²) in [6, 6.07) is 10.5. The first-order valence-electron chi connectivity index (χ1n) is 8.16. The molecule has 1 saturated heterocycles. The molecule has 2 amide bonds. The Bertz CT molecular complexity index is 844. The average molecular weight is 423 g/mol. The van der Waals surface area contributed by atoms with Crippen LogP contribution in [-0.2, 0) is 22.6 Å². The summed E-state index contributed by atoms with van der Waals surface area (Å²) < 4.78 is 26.8. The van der Waals surface area contributed by atoms with Gasteiger partial charge in [-0.05, 0) is 51.3 Å². The highest BCUT2D eigenvalue weighted by molar-refractivity contribution is 9.10. The highest BCUT2D eigenvalue weighted by Crippen LogP contribution is 2.18. The number of hydrogen-bond acceptors (Lipinski definition) is 2. The Morgan fingerprint density at radius 2 is 1.88 bits per heavy atom. The Labute approximate surface area is 158 Å². The van der Waals surface area contributed by atoms with Crippen molar-refractivity contribution in [2.24, 2.45) is 0 Å². The molecule has 26 heavy (non-hydrogen) atoms. The molecule has 0 N–H and O–H groups in total. The predicted octanol–water partition coefficient (Wildman–Crippen LogP) is 3.14. The monoisotopic (exact) mass is 422 g/mol. The number of carbonyl (C=O) groups is 2. The molecule has 1 fully saturated rings. The summed E-state index contributed by atoms with van der Waals surface area (Å²) >= 11 is 3.10. The van der Waals surface area contributed by atoms with Crippen LogP contribution in [0, 0.1) is 11.6 Å². The summed E-state index contributed by atoms with van der Waals surface area (Å²) in [5.74, 6) is -1.08. The van der Waals surface area contributed by atoms with Crippen LogP contribution < -0.4 is 0 Å². The third-order valence-electron chi connectivity index (χ3n) is 4.27. The number of carbonyl (C=O) groups excluding carboxylic acids is 2. The first-order valence-corrected chi connectivity index (χ1v) is 8.95. The molecule has 0 bridgehead atoms. The number of halogens is 3. The fourth-order valence-electron chi connectivity index (χ4n) is 2.88. The van der Waals surface area contributed by atoms with Crippen molar-refractivity contribution in [2.45, 2.75) is 13.0 Å². The summed E-state index contributed by atoms with van der Waals surface area (Å²) in [6.45, 7) is 1.14. The number of benzene rings is 2. The third-order valence-corrected chi connectivity index (χ3v) is 4.88. The Kier molecular flexibility index (Phi) is 5.66. The van der Waals surface area contributed by atoms with Crippen molar-refractivity contribution in [3.63, 3.8) is 0 Å². The second kappa shape index (κ2) is 7.95. The molecule has 1 aliphatic heterocycles. The summed E-state index contributed by atoms with van der Waals surface area (Å²) in [4.78, 5) is 27.9. The van der Waals surface area contributed by atoms with Gasteiger partial charge in [-0.3, -0.25) is 9.59 Å². The van der Waals surface area contributed by atoms with Crippen molar-refractivity contribution >= 4 is 27.7 Å². The SMILES string of the molecule is O=C(Cc1ccc(F)c(Br)c1)N1CCN(Cc2cccc(F)c2)C(=O)C1. The molecule has 0 atom stereocenters. The van der Waals surface area contributed by atoms with E-state index in [0.717, 1.165) is 0 Å². The highest BCUT2D eigenvalue weighted by Gasteiger charge is 2.27. The zero-order valence-corrected chi connectivity index (χ0v) is 15.5. The molecule has 0 spiro atoms. The fourth-order valence-corrected chi connectivity index (χ4v) is 3.31. The van der Waals surface area contributed by atoms with Gasteiger partial charge in [0.1, 0.15) is 11.6 Å². The molecule has 1 aliphatic rings. The first kappa shape index (κ1) is 18.5. The van der Waals surface area contributed by atoms with E-state index in [1.54, 1.807) is 29.2 Å². The molecule has 2 aromatic rings. The van der Waals surface area contributed by atoms with Gasteiger partial charge in [-0.15, -0.1) is 0 Å². The minimum Gasteiger partial charge on any atom is -0.335 e. The van der Waals surface area contributed by atoms with Gasteiger partial charge < -0.3 is 9.80 Å². The van der Waals surface area contributed by atoms with E-state index in [1.807, 2.05) is 0 Å². The summed E-state index contributed by atoms with van der Waals surface area (Å²) in [6.07, 6.45) is 0.107. The van der Waals surface area contributed by atoms with Crippen LogP contribution in [0.2, 0.25) is 0 Å². The second-order valence-electron chi connectivity index (χ2n) is 6.19. The second-order valence-corrected chi connectivity index (χ2v) is 7.04. The van der Waals surface area contributed by atoms with Crippen LogP contribution in [-0.4, -0.2) is 41.2 Å². The van der Waals surface area contributed by atoms with Crippen LogP contribution in [0.15, 0.2) is 46.9 Å². The number of amides is 2. The first-order chi connectivity index (χ1) is 12.4. The van der Waals surface area contributed by atoms with Gasteiger partial charge in [0.15, 0.2) is 0 Å². The molecule has 7 heteroatoms. The van der Waals surface area contributed by atoms with E-state index in [-0.39, 0.29) is 36.4 Å². The Hall–Kier alpha value is -2.28. The van der Waals surface area contributed by atoms with E-state index >= 15 is 0 Å². The van der Waals surface area contributed by atoms with E-state index in [2.05, 4.69) is 15.9 Å². The molecule has 2 aromatic carbocycles. The zero-order chi connectivity index (χ0) is 18.7. The molecule has 0 saturated carbocycles. The number of rotatable bonds is 4. The normalized spacial score (nSPS) is 14.7. The van der Waals surface area contributed by atoms with Crippen LogP contribution in [0.3, 0.4) is 0 Å². The molecule has 4 nitrogen and oxygen atoms in total. The molecule has 136 valence electrons. The van der Waals surface area contributed by atoms with Crippen LogP contribution in [0.1, 0.15) is 11.1 Å². The fraction of sp³-hybridized carbons (Fsp3) is 0.263. The lowest BCUT2D eigenvalue weighted by Crippen LogP contribution is -2.52. The Balaban J connectivity index is 1.58. The lowest BCUT2D eigenvalue weighted by molar-refractivity contribution is -0.145. The Morgan fingerprint density at radius 3 is 2.58 bits per heavy atom. The van der Waals surface area contributed by atoms with Gasteiger partial charge >= 0.3 is 0 Å². The maximum absolute atomic E-state index is 13.3. The summed E-state index contributed by atoms with van der Waals surface area (Å²) in [5.41, 5.74) is 1.40. The zero-order valence-electron chi connectivity index (χ0n) is 13.9. The van der Waals surface area contributed by atoms with E-state index < -0.39 is 0 Å². The molecule has 0 unspecified atom stereocenters. The lowest BCUT2D eigenvalue weighted by atomic mass is 10.1. The highest BCUT2D eigenvalue weighted by atomic mass is 79.9. The van der Waals surface area contributed by atoms with E-state index in [9.17, 15) is 18.4 Å². The molecule has 3 rings (SSSR count). The minimum atomic E-state index is -0.387. The van der Waals surface area contributed by atoms with Crippen molar-refractivity contribution < 1.29 is 18.4 Å². The number of hydrogen-bond donors (Lipinski definition) is 0. The van der Waals surface area contributed by atoms with E-state index in [1.165, 1.54) is 23.1 Å². The Morgan fingerprint density at radius 1 is 1.08 bits per heavy atom. The van der Waals surface area contributed by atoms with Gasteiger partial charge in [0.25, 0.3) is 0 Å². The molecular formula is C19H17BrF2N2O2. The quantitative estimate of drug-likeness (QED) is 0.759. The van der Waals surface area contributed by atoms with Crippen molar-refractivity contribution in [2.75, 3.05) is 19.6 Å². The van der Waals surface area contributed by atoms with Crippen molar-refractivity contribution in [3.05, 3.63) is 69.7 Å². The predicted molar refractivity (Wildman–Crippen MR) is 96.2 cm³/mol. The maximum atomic E-state index is 13.3. The topological polar surface area (TPSA) is 40.6 Å². The summed E-state index contributed by atoms with van der Waals surface area (Å²) in [5, 5.41) is 0. The van der Waals surface area contributed by atoms with Crippen LogP contribution >= 0.6 is 15.9 Å². The van der Waals surface area contributed by atoms with Crippen molar-refractivity contribution in [3.8, 4) is 0 Å². The number of piperazine rings is 1. The molecule has 0 aliphatic carbocycles. The molecular weight excluding hydrogens is 406 g/mol. The average Bonchev–Trinajstić information content (AvgIpc) is 2.60. The minimum absolute atomic E-state index is 0.00346. The van der Waals surface area contributed by atoms with Gasteiger partial charge in [-0.1, -0.05) is 18.2 Å². The smallest absolute Gasteiger partial charge is 0.242 e.